The molecule has 108 valence electrons. The molecule has 2 aromatic carbocycles. The van der Waals surface area contributed by atoms with Gasteiger partial charge < -0.3 is 10.4 Å². The fourth-order valence-electron chi connectivity index (χ4n) is 1.98. The first-order chi connectivity index (χ1) is 9.88. The van der Waals surface area contributed by atoms with Gasteiger partial charge in [-0.05, 0) is 71.2 Å². The van der Waals surface area contributed by atoms with Gasteiger partial charge in [-0.1, -0.05) is 6.07 Å². The zero-order valence-electron chi connectivity index (χ0n) is 11.6. The maximum Gasteiger partial charge on any atom is 0.335 e. The monoisotopic (exact) mass is 347 g/mol. The summed E-state index contributed by atoms with van der Waals surface area (Å²) in [5.41, 5.74) is 2.98. The standard InChI is InChI=1S/C16H14BrNO3/c1-9-3-5-13(14(17)7-9)15(19)18-11-4-6-12(16(20)21)10(2)8-11/h3-8H,1-2H3,(H,18,19)(H,20,21). The van der Waals surface area contributed by atoms with Crippen LogP contribution in [0, 0.1) is 13.8 Å². The van der Waals surface area contributed by atoms with Gasteiger partial charge in [-0.15, -0.1) is 0 Å². The van der Waals surface area contributed by atoms with Gasteiger partial charge in [-0.3, -0.25) is 4.79 Å². The molecular weight excluding hydrogens is 334 g/mol. The minimum absolute atomic E-state index is 0.226. The number of carbonyl (C=O) groups is 2. The van der Waals surface area contributed by atoms with Crippen molar-refractivity contribution in [3.63, 3.8) is 0 Å². The maximum atomic E-state index is 12.2. The molecular formula is C16H14BrNO3. The molecule has 0 aliphatic heterocycles. The molecule has 0 saturated heterocycles. The first kappa shape index (κ1) is 15.3. The molecule has 0 aliphatic rings. The molecule has 0 bridgehead atoms. The Kier molecular flexibility index (Phi) is 4.43. The summed E-state index contributed by atoms with van der Waals surface area (Å²) in [5, 5.41) is 11.7. The van der Waals surface area contributed by atoms with Gasteiger partial charge in [-0.2, -0.15) is 0 Å². The van der Waals surface area contributed by atoms with Crippen molar-refractivity contribution in [1.82, 2.24) is 0 Å². The number of benzene rings is 2. The lowest BCUT2D eigenvalue weighted by atomic mass is 10.1. The highest BCUT2D eigenvalue weighted by molar-refractivity contribution is 9.10. The predicted molar refractivity (Wildman–Crippen MR) is 85.0 cm³/mol. The summed E-state index contributed by atoms with van der Waals surface area (Å²) >= 11 is 3.37. The lowest BCUT2D eigenvalue weighted by molar-refractivity contribution is 0.0696. The molecule has 0 aromatic heterocycles. The van der Waals surface area contributed by atoms with Crippen molar-refractivity contribution in [2.24, 2.45) is 0 Å². The van der Waals surface area contributed by atoms with Gasteiger partial charge in [0.1, 0.15) is 0 Å². The van der Waals surface area contributed by atoms with E-state index in [1.54, 1.807) is 25.1 Å². The van der Waals surface area contributed by atoms with Crippen molar-refractivity contribution >= 4 is 33.5 Å². The fourth-order valence-corrected chi connectivity index (χ4v) is 2.66. The Balaban J connectivity index is 2.23. The van der Waals surface area contributed by atoms with E-state index in [2.05, 4.69) is 21.2 Å². The molecule has 2 N–H and O–H groups in total. The predicted octanol–water partition coefficient (Wildman–Crippen LogP) is 4.02. The molecule has 5 heteroatoms. The molecule has 1 amide bonds. The van der Waals surface area contributed by atoms with Crippen LogP contribution in [0.15, 0.2) is 40.9 Å². The average Bonchev–Trinajstić information content (AvgIpc) is 2.37. The average molecular weight is 348 g/mol. The van der Waals surface area contributed by atoms with Crippen LogP contribution < -0.4 is 5.32 Å². The van der Waals surface area contributed by atoms with Gasteiger partial charge in [-0.25, -0.2) is 4.79 Å². The number of halogens is 1. The van der Waals surface area contributed by atoms with Crippen molar-refractivity contribution in [3.8, 4) is 0 Å². The van der Waals surface area contributed by atoms with E-state index in [0.717, 1.165) is 10.0 Å². The summed E-state index contributed by atoms with van der Waals surface area (Å²) in [5.74, 6) is -1.23. The number of hydrogen-bond acceptors (Lipinski definition) is 2. The van der Waals surface area contributed by atoms with E-state index in [4.69, 9.17) is 5.11 Å². The fraction of sp³-hybridized carbons (Fsp3) is 0.125. The molecule has 0 unspecified atom stereocenters. The van der Waals surface area contributed by atoms with Gasteiger partial charge >= 0.3 is 5.97 Å². The summed E-state index contributed by atoms with van der Waals surface area (Å²) < 4.78 is 0.721. The third-order valence-electron chi connectivity index (χ3n) is 3.08. The molecule has 0 fully saturated rings. The van der Waals surface area contributed by atoms with Crippen molar-refractivity contribution in [3.05, 3.63) is 63.1 Å². The normalized spacial score (nSPS) is 10.2. The van der Waals surface area contributed by atoms with Crippen LogP contribution in [0.5, 0.6) is 0 Å². The topological polar surface area (TPSA) is 66.4 Å². The number of amides is 1. The lowest BCUT2D eigenvalue weighted by Gasteiger charge is -2.09. The van der Waals surface area contributed by atoms with Crippen molar-refractivity contribution in [2.75, 3.05) is 5.32 Å². The minimum Gasteiger partial charge on any atom is -0.478 e. The van der Waals surface area contributed by atoms with Gasteiger partial charge in [0.25, 0.3) is 5.91 Å². The second-order valence-corrected chi connectivity index (χ2v) is 5.63. The van der Waals surface area contributed by atoms with Gasteiger partial charge in [0, 0.05) is 10.2 Å². The van der Waals surface area contributed by atoms with Crippen LogP contribution in [0.25, 0.3) is 0 Å². The minimum atomic E-state index is -0.980. The number of carboxylic acid groups (broad SMARTS) is 1. The number of carbonyl (C=O) groups excluding carboxylic acids is 1. The highest BCUT2D eigenvalue weighted by Gasteiger charge is 2.12. The molecule has 2 aromatic rings. The quantitative estimate of drug-likeness (QED) is 0.881. The van der Waals surface area contributed by atoms with Gasteiger partial charge in [0.2, 0.25) is 0 Å². The summed E-state index contributed by atoms with van der Waals surface area (Å²) in [6.07, 6.45) is 0. The summed E-state index contributed by atoms with van der Waals surface area (Å²) in [7, 11) is 0. The number of aromatic carboxylic acids is 1. The van der Waals surface area contributed by atoms with Gasteiger partial charge in [0.05, 0.1) is 11.1 Å². The Morgan fingerprint density at radius 3 is 2.29 bits per heavy atom. The molecule has 2 rings (SSSR count). The van der Waals surface area contributed by atoms with Crippen LogP contribution >= 0.6 is 15.9 Å². The zero-order chi connectivity index (χ0) is 15.6. The Morgan fingerprint density at radius 2 is 1.71 bits per heavy atom. The SMILES string of the molecule is Cc1ccc(C(=O)Nc2ccc(C(=O)O)c(C)c2)c(Br)c1. The largest absolute Gasteiger partial charge is 0.478 e. The second-order valence-electron chi connectivity index (χ2n) is 4.77. The Morgan fingerprint density at radius 1 is 1.05 bits per heavy atom. The molecule has 4 nitrogen and oxygen atoms in total. The third-order valence-corrected chi connectivity index (χ3v) is 3.74. The number of aryl methyl sites for hydroxylation is 2. The number of nitrogens with one attached hydrogen (secondary N) is 1. The smallest absolute Gasteiger partial charge is 0.335 e. The maximum absolute atomic E-state index is 12.2. The van der Waals surface area contributed by atoms with Crippen molar-refractivity contribution in [1.29, 1.82) is 0 Å². The molecule has 0 heterocycles. The third kappa shape index (κ3) is 3.49. The number of anilines is 1. The number of rotatable bonds is 3. The van der Waals surface area contributed by atoms with Gasteiger partial charge in [0.15, 0.2) is 0 Å². The van der Waals surface area contributed by atoms with E-state index in [9.17, 15) is 9.59 Å². The lowest BCUT2D eigenvalue weighted by Crippen LogP contribution is -2.13. The Labute approximate surface area is 130 Å². The molecule has 0 saturated carbocycles. The van der Waals surface area contributed by atoms with Crippen LogP contribution in [0.3, 0.4) is 0 Å². The van der Waals surface area contributed by atoms with E-state index in [-0.39, 0.29) is 11.5 Å². The van der Waals surface area contributed by atoms with E-state index < -0.39 is 5.97 Å². The summed E-state index contributed by atoms with van der Waals surface area (Å²) in [4.78, 5) is 23.2. The van der Waals surface area contributed by atoms with Crippen LogP contribution in [0.1, 0.15) is 31.8 Å². The highest BCUT2D eigenvalue weighted by atomic mass is 79.9. The number of carboxylic acids is 1. The molecule has 0 atom stereocenters. The second kappa shape index (κ2) is 6.10. The number of hydrogen-bond donors (Lipinski definition) is 2. The Hall–Kier alpha value is -2.14. The van der Waals surface area contributed by atoms with E-state index >= 15 is 0 Å². The summed E-state index contributed by atoms with van der Waals surface area (Å²) in [6, 6.07) is 10.2. The van der Waals surface area contributed by atoms with Crippen molar-refractivity contribution in [2.45, 2.75) is 13.8 Å². The van der Waals surface area contributed by atoms with E-state index in [0.29, 0.717) is 16.8 Å². The molecule has 21 heavy (non-hydrogen) atoms. The van der Waals surface area contributed by atoms with Crippen LogP contribution in [0.4, 0.5) is 5.69 Å². The first-order valence-electron chi connectivity index (χ1n) is 6.30. The first-order valence-corrected chi connectivity index (χ1v) is 7.09. The van der Waals surface area contributed by atoms with E-state index in [1.165, 1.54) is 6.07 Å². The molecule has 0 radical (unpaired) electrons. The van der Waals surface area contributed by atoms with Crippen LogP contribution in [0.2, 0.25) is 0 Å². The molecule has 0 spiro atoms. The zero-order valence-corrected chi connectivity index (χ0v) is 13.2. The van der Waals surface area contributed by atoms with Crippen LogP contribution in [-0.4, -0.2) is 17.0 Å². The van der Waals surface area contributed by atoms with Crippen LogP contribution in [-0.2, 0) is 0 Å². The van der Waals surface area contributed by atoms with Crippen molar-refractivity contribution < 1.29 is 14.7 Å². The van der Waals surface area contributed by atoms with E-state index in [1.807, 2.05) is 19.1 Å². The molecule has 0 aliphatic carbocycles. The summed E-state index contributed by atoms with van der Waals surface area (Å²) in [6.45, 7) is 3.64. The Bertz CT molecular complexity index is 725. The highest BCUT2D eigenvalue weighted by Crippen LogP contribution is 2.21.